The Bertz CT molecular complexity index is 1310. The van der Waals surface area contributed by atoms with Crippen molar-refractivity contribution in [2.75, 3.05) is 7.11 Å². The molecular weight excluding hydrogens is 432 g/mol. The zero-order valence-electron chi connectivity index (χ0n) is 14.4. The predicted molar refractivity (Wildman–Crippen MR) is 108 cm³/mol. The topological polar surface area (TPSA) is 69.9 Å². The van der Waals surface area contributed by atoms with E-state index in [-0.39, 0.29) is 5.56 Å². The van der Waals surface area contributed by atoms with Gasteiger partial charge in [0.2, 0.25) is 0 Å². The number of nitrogens with zero attached hydrogens (tertiary/aromatic N) is 2. The molecule has 0 amide bonds. The van der Waals surface area contributed by atoms with Crippen molar-refractivity contribution in [2.24, 2.45) is 0 Å². The summed E-state index contributed by atoms with van der Waals surface area (Å²) in [5.41, 5.74) is 2.18. The fourth-order valence-electron chi connectivity index (χ4n) is 2.81. The molecule has 0 fully saturated rings. The number of para-hydroxylation sites is 2. The molecule has 0 unspecified atom stereocenters. The minimum Gasteiger partial charge on any atom is -0.493 e. The monoisotopic (exact) mass is 444 g/mol. The number of fused-ring (bicyclic) bond motifs is 3. The maximum absolute atomic E-state index is 12.9. The van der Waals surface area contributed by atoms with Gasteiger partial charge in [0.1, 0.15) is 0 Å². The number of carbonyl (C=O) groups is 1. The highest BCUT2D eigenvalue weighted by Gasteiger charge is 2.13. The van der Waals surface area contributed by atoms with Gasteiger partial charge in [-0.15, -0.1) is 0 Å². The molecule has 0 atom stereocenters. The molecule has 0 saturated heterocycles. The zero-order valence-corrected chi connectivity index (χ0v) is 16.8. The first-order chi connectivity index (χ1) is 13.0. The van der Waals surface area contributed by atoms with Crippen LogP contribution < -0.4 is 19.6 Å². The molecule has 0 radical (unpaired) electrons. The number of hydrogen-bond donors (Lipinski definition) is 0. The number of imidazole rings is 1. The number of methoxy groups -OCH3 is 1. The number of benzene rings is 2. The third-order valence-corrected chi connectivity index (χ3v) is 5.62. The van der Waals surface area contributed by atoms with Gasteiger partial charge in [-0.25, -0.2) is 9.38 Å². The van der Waals surface area contributed by atoms with Crippen LogP contribution >= 0.6 is 27.3 Å². The SMILES string of the molecule is COc1cc(/C=c2\sc3nc4ccccc4n3c2=O)c(Br)cc1OC(C)=O. The van der Waals surface area contributed by atoms with Crippen molar-refractivity contribution in [1.29, 1.82) is 0 Å². The molecule has 4 aromatic rings. The van der Waals surface area contributed by atoms with E-state index in [0.717, 1.165) is 16.6 Å². The van der Waals surface area contributed by atoms with Crippen LogP contribution in [0.25, 0.3) is 22.1 Å². The van der Waals surface area contributed by atoms with E-state index in [1.54, 1.807) is 22.6 Å². The van der Waals surface area contributed by atoms with Crippen molar-refractivity contribution in [1.82, 2.24) is 9.38 Å². The lowest BCUT2D eigenvalue weighted by molar-refractivity contribution is -0.132. The molecular formula is C19H13BrN2O4S. The van der Waals surface area contributed by atoms with Crippen molar-refractivity contribution in [2.45, 2.75) is 6.92 Å². The van der Waals surface area contributed by atoms with Crippen LogP contribution in [0.3, 0.4) is 0 Å². The first kappa shape index (κ1) is 17.7. The minimum absolute atomic E-state index is 0.126. The molecule has 4 rings (SSSR count). The smallest absolute Gasteiger partial charge is 0.308 e. The van der Waals surface area contributed by atoms with E-state index in [0.29, 0.717) is 25.5 Å². The van der Waals surface area contributed by atoms with Crippen LogP contribution in [0.5, 0.6) is 11.5 Å². The summed E-state index contributed by atoms with van der Waals surface area (Å²) in [6.07, 6.45) is 1.76. The average Bonchev–Trinajstić information content (AvgIpc) is 3.13. The standard InChI is InChI=1S/C19H13BrN2O4S/c1-10(23)26-16-9-12(20)11(7-15(16)25-2)8-17-18(24)22-14-6-4-3-5-13(14)21-19(22)27-17/h3-9H,1-2H3/b17-8-. The quantitative estimate of drug-likeness (QED) is 0.358. The van der Waals surface area contributed by atoms with E-state index in [1.165, 1.54) is 25.4 Å². The number of aromatic nitrogens is 2. The van der Waals surface area contributed by atoms with Gasteiger partial charge in [0.05, 0.1) is 22.7 Å². The third kappa shape index (κ3) is 3.11. The summed E-state index contributed by atoms with van der Waals surface area (Å²) in [4.78, 5) is 29.3. The summed E-state index contributed by atoms with van der Waals surface area (Å²) in [6.45, 7) is 1.32. The Balaban J connectivity index is 1.90. The minimum atomic E-state index is -0.440. The Morgan fingerprint density at radius 2 is 2.04 bits per heavy atom. The average molecular weight is 445 g/mol. The molecule has 136 valence electrons. The van der Waals surface area contributed by atoms with Crippen LogP contribution in [-0.4, -0.2) is 22.5 Å². The molecule has 0 aliphatic rings. The van der Waals surface area contributed by atoms with Crippen LogP contribution in [0.1, 0.15) is 12.5 Å². The lowest BCUT2D eigenvalue weighted by atomic mass is 10.2. The maximum Gasteiger partial charge on any atom is 0.308 e. The molecule has 2 heterocycles. The Labute approximate surface area is 165 Å². The highest BCUT2D eigenvalue weighted by Crippen LogP contribution is 2.34. The van der Waals surface area contributed by atoms with Crippen molar-refractivity contribution in [3.63, 3.8) is 0 Å². The first-order valence-corrected chi connectivity index (χ1v) is 9.56. The molecule has 0 N–H and O–H groups in total. The molecule has 6 nitrogen and oxygen atoms in total. The molecule has 0 aliphatic heterocycles. The van der Waals surface area contributed by atoms with Crippen molar-refractivity contribution in [3.05, 3.63) is 61.3 Å². The van der Waals surface area contributed by atoms with E-state index in [2.05, 4.69) is 20.9 Å². The summed E-state index contributed by atoms with van der Waals surface area (Å²) < 4.78 is 13.3. The largest absolute Gasteiger partial charge is 0.493 e. The van der Waals surface area contributed by atoms with E-state index in [4.69, 9.17) is 9.47 Å². The van der Waals surface area contributed by atoms with Gasteiger partial charge in [0, 0.05) is 11.4 Å². The number of esters is 1. The number of ether oxygens (including phenoxy) is 2. The number of rotatable bonds is 3. The van der Waals surface area contributed by atoms with Crippen molar-refractivity contribution < 1.29 is 14.3 Å². The van der Waals surface area contributed by atoms with Gasteiger partial charge >= 0.3 is 5.97 Å². The molecule has 0 aliphatic carbocycles. The van der Waals surface area contributed by atoms with E-state index >= 15 is 0 Å². The summed E-state index contributed by atoms with van der Waals surface area (Å²) in [7, 11) is 1.49. The fourth-order valence-corrected chi connectivity index (χ4v) is 4.22. The van der Waals surface area contributed by atoms with Gasteiger partial charge in [0.15, 0.2) is 16.5 Å². The third-order valence-electron chi connectivity index (χ3n) is 3.97. The van der Waals surface area contributed by atoms with E-state index < -0.39 is 5.97 Å². The lowest BCUT2D eigenvalue weighted by Crippen LogP contribution is -2.22. The molecule has 2 aromatic carbocycles. The molecule has 8 heteroatoms. The fraction of sp³-hybridized carbons (Fsp3) is 0.105. The molecule has 27 heavy (non-hydrogen) atoms. The summed E-state index contributed by atoms with van der Waals surface area (Å²) in [6, 6.07) is 10.9. The van der Waals surface area contributed by atoms with Crippen LogP contribution in [0.15, 0.2) is 45.7 Å². The highest BCUT2D eigenvalue weighted by atomic mass is 79.9. The van der Waals surface area contributed by atoms with Gasteiger partial charge in [-0.05, 0) is 35.9 Å². The maximum atomic E-state index is 12.9. The Morgan fingerprint density at radius 3 is 2.78 bits per heavy atom. The zero-order chi connectivity index (χ0) is 19.1. The second-order valence-electron chi connectivity index (χ2n) is 5.75. The van der Waals surface area contributed by atoms with E-state index in [9.17, 15) is 9.59 Å². The number of halogens is 1. The van der Waals surface area contributed by atoms with Crippen LogP contribution in [0.2, 0.25) is 0 Å². The predicted octanol–water partition coefficient (Wildman–Crippen LogP) is 3.15. The van der Waals surface area contributed by atoms with Crippen molar-refractivity contribution >= 4 is 55.3 Å². The van der Waals surface area contributed by atoms with E-state index in [1.807, 2.05) is 24.3 Å². The van der Waals surface area contributed by atoms with Crippen molar-refractivity contribution in [3.8, 4) is 11.5 Å². The molecule has 0 bridgehead atoms. The Hall–Kier alpha value is -2.71. The Kier molecular flexibility index (Phi) is 4.45. The number of thiazole rings is 1. The summed E-state index contributed by atoms with van der Waals surface area (Å²) in [5.74, 6) is 0.271. The van der Waals surface area contributed by atoms with Crippen LogP contribution in [0.4, 0.5) is 0 Å². The number of hydrogen-bond acceptors (Lipinski definition) is 6. The second-order valence-corrected chi connectivity index (χ2v) is 7.62. The first-order valence-electron chi connectivity index (χ1n) is 7.95. The van der Waals surface area contributed by atoms with Gasteiger partial charge in [0.25, 0.3) is 5.56 Å². The second kappa shape index (κ2) is 6.79. The van der Waals surface area contributed by atoms with Crippen LogP contribution in [-0.2, 0) is 4.79 Å². The van der Waals surface area contributed by atoms with Gasteiger partial charge in [-0.2, -0.15) is 0 Å². The molecule has 0 saturated carbocycles. The number of carbonyl (C=O) groups excluding carboxylic acids is 1. The van der Waals surface area contributed by atoms with Crippen LogP contribution in [0, 0.1) is 0 Å². The lowest BCUT2D eigenvalue weighted by Gasteiger charge is -2.10. The van der Waals surface area contributed by atoms with Gasteiger partial charge in [-0.3, -0.25) is 9.59 Å². The van der Waals surface area contributed by atoms with Gasteiger partial charge in [-0.1, -0.05) is 39.4 Å². The Morgan fingerprint density at radius 1 is 1.26 bits per heavy atom. The molecule has 0 spiro atoms. The summed E-state index contributed by atoms with van der Waals surface area (Å²) >= 11 is 4.78. The highest BCUT2D eigenvalue weighted by molar-refractivity contribution is 9.10. The normalized spacial score (nSPS) is 12.0. The molecule has 2 aromatic heterocycles. The van der Waals surface area contributed by atoms with Gasteiger partial charge < -0.3 is 9.47 Å². The summed E-state index contributed by atoms with van der Waals surface area (Å²) in [5, 5.41) is 0.